The molecule has 1 N–H and O–H groups in total. The van der Waals surface area contributed by atoms with Crippen LogP contribution in [-0.2, 0) is 9.59 Å². The van der Waals surface area contributed by atoms with Gasteiger partial charge in [0.25, 0.3) is 11.8 Å². The number of amides is 4. The number of hydrogen-bond donors (Lipinski definition) is 1. The lowest BCUT2D eigenvalue weighted by Crippen LogP contribution is -2.54. The molecule has 1 aliphatic heterocycles. The van der Waals surface area contributed by atoms with Crippen LogP contribution in [0.3, 0.4) is 0 Å². The number of nitrogens with one attached hydrogen (secondary N) is 1. The molecule has 0 saturated carbocycles. The van der Waals surface area contributed by atoms with Crippen molar-refractivity contribution in [2.24, 2.45) is 0 Å². The van der Waals surface area contributed by atoms with E-state index in [9.17, 15) is 14.4 Å². The molecule has 0 bridgehead atoms. The molecule has 0 spiro atoms. The van der Waals surface area contributed by atoms with Crippen LogP contribution in [0.1, 0.15) is 18.1 Å². The lowest BCUT2D eigenvalue weighted by molar-refractivity contribution is -0.122. The van der Waals surface area contributed by atoms with Gasteiger partial charge >= 0.3 is 6.03 Å². The van der Waals surface area contributed by atoms with Crippen molar-refractivity contribution in [2.75, 3.05) is 11.5 Å². The van der Waals surface area contributed by atoms with Gasteiger partial charge in [-0.25, -0.2) is 9.69 Å². The minimum atomic E-state index is -0.781. The van der Waals surface area contributed by atoms with Crippen LogP contribution in [0.25, 0.3) is 6.08 Å². The molecule has 0 aliphatic carbocycles. The predicted octanol–water partition coefficient (Wildman–Crippen LogP) is 4.59. The first-order chi connectivity index (χ1) is 13.3. The Kier molecular flexibility index (Phi) is 6.00. The van der Waals surface area contributed by atoms with Crippen molar-refractivity contribution >= 4 is 61.5 Å². The Balaban J connectivity index is 2.08. The van der Waals surface area contributed by atoms with E-state index in [-0.39, 0.29) is 5.57 Å². The van der Waals surface area contributed by atoms with Gasteiger partial charge in [0.1, 0.15) is 11.3 Å². The van der Waals surface area contributed by atoms with Crippen molar-refractivity contribution in [2.45, 2.75) is 13.8 Å². The summed E-state index contributed by atoms with van der Waals surface area (Å²) in [7, 11) is 0. The van der Waals surface area contributed by atoms with Gasteiger partial charge in [-0.05, 0) is 61.9 Å². The minimum Gasteiger partial charge on any atom is -0.493 e. The summed E-state index contributed by atoms with van der Waals surface area (Å²) in [6.07, 6.45) is 1.43. The molecule has 1 fully saturated rings. The zero-order valence-corrected chi connectivity index (χ0v) is 18.3. The summed E-state index contributed by atoms with van der Waals surface area (Å²) in [5, 5.41) is 2.23. The van der Waals surface area contributed by atoms with E-state index >= 15 is 0 Å². The summed E-state index contributed by atoms with van der Waals surface area (Å²) in [5.41, 5.74) is 1.52. The first-order valence-electron chi connectivity index (χ1n) is 8.41. The molecule has 0 aromatic heterocycles. The third kappa shape index (κ3) is 4.02. The summed E-state index contributed by atoms with van der Waals surface area (Å²) >= 11 is 6.74. The summed E-state index contributed by atoms with van der Waals surface area (Å²) in [5.74, 6) is -0.910. The van der Waals surface area contributed by atoms with Gasteiger partial charge in [0.2, 0.25) is 0 Å². The molecular formula is C20H16Br2N2O4. The molecular weight excluding hydrogens is 492 g/mol. The number of urea groups is 1. The van der Waals surface area contributed by atoms with Gasteiger partial charge in [-0.15, -0.1) is 0 Å². The minimum absolute atomic E-state index is 0.152. The van der Waals surface area contributed by atoms with E-state index in [0.717, 1.165) is 13.8 Å². The number of ether oxygens (including phenoxy) is 1. The Morgan fingerprint density at radius 3 is 2.43 bits per heavy atom. The fourth-order valence-corrected chi connectivity index (χ4v) is 3.67. The fourth-order valence-electron chi connectivity index (χ4n) is 2.82. The number of carbonyl (C=O) groups excluding carboxylic acids is 3. The molecule has 144 valence electrons. The number of rotatable bonds is 4. The van der Waals surface area contributed by atoms with Crippen LogP contribution in [0.15, 0.2) is 50.9 Å². The molecule has 1 saturated heterocycles. The van der Waals surface area contributed by atoms with E-state index < -0.39 is 17.8 Å². The number of halogens is 2. The highest BCUT2D eigenvalue weighted by Gasteiger charge is 2.37. The topological polar surface area (TPSA) is 75.7 Å². The van der Waals surface area contributed by atoms with Crippen molar-refractivity contribution in [3.05, 3.63) is 62.0 Å². The smallest absolute Gasteiger partial charge is 0.335 e. The molecule has 1 aliphatic rings. The number of benzene rings is 2. The van der Waals surface area contributed by atoms with Crippen LogP contribution < -0.4 is 15.0 Å². The second kappa shape index (κ2) is 8.28. The Bertz CT molecular complexity index is 1020. The van der Waals surface area contributed by atoms with Crippen molar-refractivity contribution in [1.29, 1.82) is 0 Å². The van der Waals surface area contributed by atoms with Gasteiger partial charge in [0, 0.05) is 14.5 Å². The van der Waals surface area contributed by atoms with Crippen LogP contribution in [0.4, 0.5) is 10.5 Å². The zero-order valence-electron chi connectivity index (χ0n) is 15.1. The number of aryl methyl sites for hydroxylation is 1. The van der Waals surface area contributed by atoms with Crippen LogP contribution >= 0.6 is 31.9 Å². The second-order valence-electron chi connectivity index (χ2n) is 6.00. The summed E-state index contributed by atoms with van der Waals surface area (Å²) < 4.78 is 7.16. The number of nitrogens with zero attached hydrogens (tertiary/aromatic N) is 1. The second-order valence-corrected chi connectivity index (χ2v) is 7.84. The van der Waals surface area contributed by atoms with Crippen LogP contribution in [0.5, 0.6) is 5.75 Å². The number of hydrogen-bond acceptors (Lipinski definition) is 4. The van der Waals surface area contributed by atoms with Crippen molar-refractivity contribution in [1.82, 2.24) is 5.32 Å². The first-order valence-corrected chi connectivity index (χ1v) is 10.0. The van der Waals surface area contributed by atoms with Gasteiger partial charge in [-0.2, -0.15) is 0 Å². The van der Waals surface area contributed by atoms with Gasteiger partial charge < -0.3 is 4.74 Å². The lowest BCUT2D eigenvalue weighted by Gasteiger charge is -2.27. The normalized spacial score (nSPS) is 15.8. The number of imide groups is 2. The average Bonchev–Trinajstić information content (AvgIpc) is 2.62. The van der Waals surface area contributed by atoms with E-state index in [1.807, 2.05) is 6.92 Å². The van der Waals surface area contributed by atoms with E-state index in [1.165, 1.54) is 6.08 Å². The molecule has 1 heterocycles. The SMILES string of the molecule is CCOc1ccc(Br)cc1/C=C1/C(=O)NC(=O)N(c2ccc(Br)cc2C)C1=O. The molecule has 0 atom stereocenters. The van der Waals surface area contributed by atoms with E-state index in [0.29, 0.717) is 29.2 Å². The number of carbonyl (C=O) groups is 3. The highest BCUT2D eigenvalue weighted by molar-refractivity contribution is 9.10. The largest absolute Gasteiger partial charge is 0.493 e. The maximum absolute atomic E-state index is 13.1. The molecule has 0 unspecified atom stereocenters. The Labute approximate surface area is 178 Å². The average molecular weight is 508 g/mol. The molecule has 28 heavy (non-hydrogen) atoms. The first kappa shape index (κ1) is 20.3. The van der Waals surface area contributed by atoms with Gasteiger partial charge in [-0.3, -0.25) is 14.9 Å². The van der Waals surface area contributed by atoms with Crippen molar-refractivity contribution in [3.8, 4) is 5.75 Å². The molecule has 2 aromatic carbocycles. The molecule has 3 rings (SSSR count). The summed E-state index contributed by atoms with van der Waals surface area (Å²) in [4.78, 5) is 38.8. The number of anilines is 1. The maximum atomic E-state index is 13.1. The highest BCUT2D eigenvalue weighted by atomic mass is 79.9. The molecule has 0 radical (unpaired) electrons. The van der Waals surface area contributed by atoms with Crippen LogP contribution in [0.2, 0.25) is 0 Å². The molecule has 2 aromatic rings. The third-order valence-electron chi connectivity index (χ3n) is 4.07. The van der Waals surface area contributed by atoms with Crippen molar-refractivity contribution in [3.63, 3.8) is 0 Å². The molecule has 6 nitrogen and oxygen atoms in total. The third-order valence-corrected chi connectivity index (χ3v) is 5.06. The monoisotopic (exact) mass is 506 g/mol. The van der Waals surface area contributed by atoms with E-state index in [1.54, 1.807) is 43.3 Å². The summed E-state index contributed by atoms with van der Waals surface area (Å²) in [6, 6.07) is 9.67. The lowest BCUT2D eigenvalue weighted by atomic mass is 10.1. The Hall–Kier alpha value is -2.45. The molecule has 8 heteroatoms. The molecule has 4 amide bonds. The van der Waals surface area contributed by atoms with Crippen molar-refractivity contribution < 1.29 is 19.1 Å². The number of barbiturate groups is 1. The maximum Gasteiger partial charge on any atom is 0.335 e. The quantitative estimate of drug-likeness (QED) is 0.485. The fraction of sp³-hybridized carbons (Fsp3) is 0.150. The van der Waals surface area contributed by atoms with Gasteiger partial charge in [0.15, 0.2) is 0 Å². The highest BCUT2D eigenvalue weighted by Crippen LogP contribution is 2.30. The Morgan fingerprint density at radius 2 is 1.75 bits per heavy atom. The summed E-state index contributed by atoms with van der Waals surface area (Å²) in [6.45, 7) is 4.05. The van der Waals surface area contributed by atoms with Gasteiger partial charge in [-0.1, -0.05) is 31.9 Å². The predicted molar refractivity (Wildman–Crippen MR) is 113 cm³/mol. The van der Waals surface area contributed by atoms with E-state index in [2.05, 4.69) is 37.2 Å². The van der Waals surface area contributed by atoms with Crippen LogP contribution in [-0.4, -0.2) is 24.5 Å². The zero-order chi connectivity index (χ0) is 20.4. The van der Waals surface area contributed by atoms with Crippen LogP contribution in [0, 0.1) is 6.92 Å². The van der Waals surface area contributed by atoms with E-state index in [4.69, 9.17) is 4.74 Å². The van der Waals surface area contributed by atoms with Gasteiger partial charge in [0.05, 0.1) is 12.3 Å². The Morgan fingerprint density at radius 1 is 1.07 bits per heavy atom. The standard InChI is InChI=1S/C20H16Br2N2O4/c1-3-28-17-7-5-14(22)9-12(17)10-15-18(25)23-20(27)24(19(15)26)16-6-4-13(21)8-11(16)2/h4-10H,3H2,1-2H3,(H,23,25,27)/b15-10-.